The Kier molecular flexibility index (Phi) is 2.91. The first kappa shape index (κ1) is 10.7. The number of aliphatic hydroxyl groups excluding tert-OH is 1. The molecule has 6 nitrogen and oxygen atoms in total. The van der Waals surface area contributed by atoms with Crippen LogP contribution in [0.25, 0.3) is 0 Å². The lowest BCUT2D eigenvalue weighted by atomic mass is 10.2. The van der Waals surface area contributed by atoms with E-state index in [2.05, 4.69) is 11.6 Å². The molecular formula is C10H12N2O4. The zero-order valence-electron chi connectivity index (χ0n) is 8.63. The van der Waals surface area contributed by atoms with E-state index in [-0.39, 0.29) is 18.4 Å². The molecule has 1 N–H and O–H groups in total. The second kappa shape index (κ2) is 4.36. The van der Waals surface area contributed by atoms with Crippen molar-refractivity contribution in [1.82, 2.24) is 4.98 Å². The first-order valence-electron chi connectivity index (χ1n) is 4.87. The van der Waals surface area contributed by atoms with Crippen molar-refractivity contribution in [3.8, 4) is 0 Å². The fourth-order valence-corrected chi connectivity index (χ4v) is 1.32. The van der Waals surface area contributed by atoms with Crippen LogP contribution in [0, 0.1) is 0 Å². The van der Waals surface area contributed by atoms with Crippen LogP contribution in [-0.2, 0) is 4.74 Å². The molecule has 0 aliphatic carbocycles. The summed E-state index contributed by atoms with van der Waals surface area (Å²) in [7, 11) is 0. The summed E-state index contributed by atoms with van der Waals surface area (Å²) in [4.78, 5) is 17.0. The molecule has 1 aliphatic heterocycles. The summed E-state index contributed by atoms with van der Waals surface area (Å²) in [6.45, 7) is 4.52. The summed E-state index contributed by atoms with van der Waals surface area (Å²) in [6.07, 6.45) is 2.37. The average molecular weight is 224 g/mol. The molecule has 1 aliphatic rings. The lowest BCUT2D eigenvalue weighted by Gasteiger charge is -2.34. The number of carbonyl (C=O) groups is 1. The number of hydrogen-bond donors (Lipinski definition) is 1. The summed E-state index contributed by atoms with van der Waals surface area (Å²) >= 11 is 0. The Morgan fingerprint density at radius 2 is 2.56 bits per heavy atom. The number of hydrogen-bond acceptors (Lipinski definition) is 6. The number of aromatic nitrogens is 1. The van der Waals surface area contributed by atoms with Crippen molar-refractivity contribution in [2.45, 2.75) is 6.10 Å². The fraction of sp³-hybridized carbons (Fsp3) is 0.400. The molecule has 86 valence electrons. The molecule has 16 heavy (non-hydrogen) atoms. The van der Waals surface area contributed by atoms with Crippen LogP contribution >= 0.6 is 0 Å². The third-order valence-electron chi connectivity index (χ3n) is 2.17. The van der Waals surface area contributed by atoms with E-state index in [0.717, 1.165) is 0 Å². The molecule has 0 radical (unpaired) electrons. The molecular weight excluding hydrogens is 212 g/mol. The molecule has 1 fully saturated rings. The maximum atomic E-state index is 11.3. The van der Waals surface area contributed by atoms with Crippen LogP contribution in [0.3, 0.4) is 0 Å². The van der Waals surface area contributed by atoms with E-state index in [0.29, 0.717) is 19.1 Å². The molecule has 0 amide bonds. The molecule has 0 bridgehead atoms. The number of anilines is 1. The largest absolute Gasteiger partial charge is 0.457 e. The summed E-state index contributed by atoms with van der Waals surface area (Å²) in [5.74, 6) is -0.545. The molecule has 1 aromatic rings. The fourth-order valence-electron chi connectivity index (χ4n) is 1.32. The van der Waals surface area contributed by atoms with Gasteiger partial charge in [0.15, 0.2) is 5.69 Å². The van der Waals surface area contributed by atoms with E-state index in [1.165, 1.54) is 12.3 Å². The smallest absolute Gasteiger partial charge is 0.360 e. The monoisotopic (exact) mass is 224 g/mol. The molecule has 0 spiro atoms. The van der Waals surface area contributed by atoms with Gasteiger partial charge in [0.05, 0.1) is 19.2 Å². The van der Waals surface area contributed by atoms with Crippen molar-refractivity contribution in [3.05, 3.63) is 24.6 Å². The minimum Gasteiger partial charge on any atom is -0.457 e. The van der Waals surface area contributed by atoms with Gasteiger partial charge in [0.25, 0.3) is 6.01 Å². The van der Waals surface area contributed by atoms with Gasteiger partial charge in [-0.05, 0) is 0 Å². The van der Waals surface area contributed by atoms with Gasteiger partial charge in [-0.25, -0.2) is 4.79 Å². The maximum absolute atomic E-state index is 11.3. The highest BCUT2D eigenvalue weighted by Crippen LogP contribution is 2.20. The lowest BCUT2D eigenvalue weighted by Crippen LogP contribution is -2.51. The second-order valence-electron chi connectivity index (χ2n) is 3.46. The van der Waals surface area contributed by atoms with Gasteiger partial charge in [-0.3, -0.25) is 0 Å². The predicted octanol–water partition coefficient (Wildman–Crippen LogP) is 0.198. The van der Waals surface area contributed by atoms with Gasteiger partial charge in [0, 0.05) is 0 Å². The molecule has 0 unspecified atom stereocenters. The Bertz CT molecular complexity index is 395. The van der Waals surface area contributed by atoms with Crippen molar-refractivity contribution < 1.29 is 19.1 Å². The summed E-state index contributed by atoms with van der Waals surface area (Å²) < 4.78 is 9.89. The number of β-amino-alcohol motifs (C(OH)–C–C–N with tert-alkyl or cyclic N) is 1. The molecule has 2 heterocycles. The highest BCUT2D eigenvalue weighted by atomic mass is 16.5. The molecule has 1 aromatic heterocycles. The number of rotatable bonds is 4. The topological polar surface area (TPSA) is 75.8 Å². The van der Waals surface area contributed by atoms with Gasteiger partial charge >= 0.3 is 5.97 Å². The Morgan fingerprint density at radius 1 is 1.81 bits per heavy atom. The maximum Gasteiger partial charge on any atom is 0.360 e. The Balaban J connectivity index is 1.96. The minimum atomic E-state index is -0.545. The number of nitrogens with zero attached hydrogens (tertiary/aromatic N) is 2. The van der Waals surface area contributed by atoms with E-state index >= 15 is 0 Å². The molecule has 0 aromatic carbocycles. The highest BCUT2D eigenvalue weighted by Gasteiger charge is 2.28. The van der Waals surface area contributed by atoms with Gasteiger partial charge in [0.1, 0.15) is 12.9 Å². The molecule has 2 rings (SSSR count). The first-order valence-corrected chi connectivity index (χ1v) is 4.87. The zero-order valence-corrected chi connectivity index (χ0v) is 8.63. The number of esters is 1. The van der Waals surface area contributed by atoms with Gasteiger partial charge in [0.2, 0.25) is 0 Å². The van der Waals surface area contributed by atoms with Gasteiger partial charge in [-0.15, -0.1) is 0 Å². The van der Waals surface area contributed by atoms with Gasteiger partial charge in [-0.1, -0.05) is 12.7 Å². The number of ether oxygens (including phenoxy) is 1. The van der Waals surface area contributed by atoms with Crippen molar-refractivity contribution in [1.29, 1.82) is 0 Å². The average Bonchev–Trinajstić information content (AvgIpc) is 2.70. The Labute approximate surface area is 92.1 Å². The third-order valence-corrected chi connectivity index (χ3v) is 2.17. The van der Waals surface area contributed by atoms with Gasteiger partial charge in [-0.2, -0.15) is 4.98 Å². The van der Waals surface area contributed by atoms with E-state index in [1.54, 1.807) is 4.90 Å². The summed E-state index contributed by atoms with van der Waals surface area (Å²) in [6, 6.07) is 0.329. The molecule has 1 saturated heterocycles. The SMILES string of the molecule is C=CCOC(=O)c1coc(N2CC(O)C2)n1. The summed E-state index contributed by atoms with van der Waals surface area (Å²) in [5, 5.41) is 9.10. The van der Waals surface area contributed by atoms with Crippen molar-refractivity contribution in [2.24, 2.45) is 0 Å². The van der Waals surface area contributed by atoms with Crippen LogP contribution in [0.2, 0.25) is 0 Å². The first-order chi connectivity index (χ1) is 7.70. The normalized spacial score (nSPS) is 15.7. The van der Waals surface area contributed by atoms with Crippen LogP contribution in [0.15, 0.2) is 23.3 Å². The van der Waals surface area contributed by atoms with Crippen molar-refractivity contribution in [2.75, 3.05) is 24.6 Å². The lowest BCUT2D eigenvalue weighted by molar-refractivity contribution is 0.0543. The second-order valence-corrected chi connectivity index (χ2v) is 3.46. The van der Waals surface area contributed by atoms with Gasteiger partial charge < -0.3 is 19.2 Å². The third kappa shape index (κ3) is 2.06. The van der Waals surface area contributed by atoms with Crippen molar-refractivity contribution in [3.63, 3.8) is 0 Å². The van der Waals surface area contributed by atoms with Crippen molar-refractivity contribution >= 4 is 12.0 Å². The number of aliphatic hydroxyl groups is 1. The molecule has 0 atom stereocenters. The standard InChI is InChI=1S/C10H12N2O4/c1-2-3-15-9(14)8-6-16-10(11-8)12-4-7(13)5-12/h2,6-7,13H,1,3-5H2. The van der Waals surface area contributed by atoms with E-state index in [1.807, 2.05) is 0 Å². The van der Waals surface area contributed by atoms with E-state index in [9.17, 15) is 4.79 Å². The summed E-state index contributed by atoms with van der Waals surface area (Å²) in [5.41, 5.74) is 0.123. The van der Waals surface area contributed by atoms with E-state index < -0.39 is 5.97 Å². The molecule has 0 saturated carbocycles. The minimum absolute atomic E-state index is 0.123. The Hall–Kier alpha value is -1.82. The van der Waals surface area contributed by atoms with Crippen LogP contribution in [0.5, 0.6) is 0 Å². The Morgan fingerprint density at radius 3 is 3.19 bits per heavy atom. The van der Waals surface area contributed by atoms with Crippen LogP contribution in [-0.4, -0.2) is 41.9 Å². The highest BCUT2D eigenvalue weighted by molar-refractivity contribution is 5.87. The number of carbonyl (C=O) groups excluding carboxylic acids is 1. The quantitative estimate of drug-likeness (QED) is 0.581. The van der Waals surface area contributed by atoms with Crippen LogP contribution in [0.4, 0.5) is 6.01 Å². The van der Waals surface area contributed by atoms with Crippen LogP contribution in [0.1, 0.15) is 10.5 Å². The molecule has 6 heteroatoms. The number of oxazole rings is 1. The van der Waals surface area contributed by atoms with E-state index in [4.69, 9.17) is 14.3 Å². The zero-order chi connectivity index (χ0) is 11.5. The van der Waals surface area contributed by atoms with Crippen LogP contribution < -0.4 is 4.90 Å². The predicted molar refractivity (Wildman–Crippen MR) is 55.2 cm³/mol.